The van der Waals surface area contributed by atoms with E-state index >= 15 is 0 Å². The topological polar surface area (TPSA) is 41.6 Å². The summed E-state index contributed by atoms with van der Waals surface area (Å²) in [4.78, 5) is 11.3. The first kappa shape index (κ1) is 21.1. The average molecular weight is 492 g/mol. The van der Waals surface area contributed by atoms with E-state index in [1.165, 1.54) is 55.9 Å². The van der Waals surface area contributed by atoms with Crippen LogP contribution in [0, 0.1) is 0 Å². The van der Waals surface area contributed by atoms with Gasteiger partial charge in [0.05, 0.1) is 7.11 Å². The Hall–Kier alpha value is -1.60. The number of amides is 1. The van der Waals surface area contributed by atoms with Crippen molar-refractivity contribution in [2.24, 2.45) is 0 Å². The summed E-state index contributed by atoms with van der Waals surface area (Å²) in [6.07, 6.45) is 8.38. The van der Waals surface area contributed by atoms with Crippen molar-refractivity contribution in [2.75, 3.05) is 19.0 Å². The van der Waals surface area contributed by atoms with Crippen molar-refractivity contribution in [1.29, 1.82) is 0 Å². The zero-order valence-electron chi connectivity index (χ0n) is 16.5. The normalized spacial score (nSPS) is 14.8. The zero-order valence-corrected chi connectivity index (χ0v) is 18.7. The molecule has 28 heavy (non-hydrogen) atoms. The lowest BCUT2D eigenvalue weighted by Crippen LogP contribution is -2.30. The lowest BCUT2D eigenvalue weighted by atomic mass is 9.95. The maximum Gasteiger partial charge on any atom is 0.411 e. The van der Waals surface area contributed by atoms with Crippen LogP contribution in [-0.2, 0) is 17.6 Å². The van der Waals surface area contributed by atoms with Crippen molar-refractivity contribution < 1.29 is 9.53 Å². The van der Waals surface area contributed by atoms with Crippen LogP contribution in [0.15, 0.2) is 48.5 Å². The predicted octanol–water partition coefficient (Wildman–Crippen LogP) is 5.98. The minimum Gasteiger partial charge on any atom is -0.453 e. The molecule has 0 aliphatic heterocycles. The third-order valence-corrected chi connectivity index (χ3v) is 6.73. The van der Waals surface area contributed by atoms with Gasteiger partial charge in [0.2, 0.25) is 0 Å². The summed E-state index contributed by atoms with van der Waals surface area (Å²) in [7, 11) is 1.37. The van der Waals surface area contributed by atoms with Crippen LogP contribution < -0.4 is 5.32 Å². The molecule has 4 nitrogen and oxygen atoms in total. The van der Waals surface area contributed by atoms with Crippen LogP contribution in [0.5, 0.6) is 0 Å². The molecule has 0 spiro atoms. The summed E-state index contributed by atoms with van der Waals surface area (Å²) in [5, 5.41) is 2.69. The second-order valence-electron chi connectivity index (χ2n) is 7.42. The Morgan fingerprint density at radius 1 is 1.07 bits per heavy atom. The first-order valence-corrected chi connectivity index (χ1v) is 11.1. The average Bonchev–Trinajstić information content (AvgIpc) is 2.74. The van der Waals surface area contributed by atoms with E-state index in [1.54, 1.807) is 0 Å². The molecule has 0 saturated heterocycles. The van der Waals surface area contributed by atoms with E-state index in [2.05, 4.69) is 72.4 Å². The van der Waals surface area contributed by atoms with Gasteiger partial charge in [-0.2, -0.15) is 0 Å². The molecule has 1 amide bonds. The molecule has 1 N–H and O–H groups in total. The maximum atomic E-state index is 11.3. The maximum absolute atomic E-state index is 11.3. The SMILES string of the molecule is COC(=O)Nc1ccc(Cc2ccccc2CCN(I)C2CCCCC2)cc1. The van der Waals surface area contributed by atoms with E-state index in [-0.39, 0.29) is 0 Å². The summed E-state index contributed by atoms with van der Waals surface area (Å²) >= 11 is 2.53. The number of hydrogen-bond acceptors (Lipinski definition) is 3. The van der Waals surface area contributed by atoms with Crippen LogP contribution in [0.4, 0.5) is 10.5 Å². The van der Waals surface area contributed by atoms with Crippen molar-refractivity contribution in [2.45, 2.75) is 51.0 Å². The van der Waals surface area contributed by atoms with E-state index in [1.807, 2.05) is 12.1 Å². The lowest BCUT2D eigenvalue weighted by molar-refractivity contribution is 0.187. The minimum atomic E-state index is -0.445. The number of carbonyl (C=O) groups is 1. The summed E-state index contributed by atoms with van der Waals surface area (Å²) in [5.41, 5.74) is 4.79. The Kier molecular flexibility index (Phi) is 8.15. The van der Waals surface area contributed by atoms with Gasteiger partial charge in [0.25, 0.3) is 0 Å². The van der Waals surface area contributed by atoms with E-state index < -0.39 is 6.09 Å². The summed E-state index contributed by atoms with van der Waals surface area (Å²) in [5.74, 6) is 0. The van der Waals surface area contributed by atoms with Gasteiger partial charge in [-0.05, 0) is 54.5 Å². The van der Waals surface area contributed by atoms with Crippen molar-refractivity contribution in [3.8, 4) is 0 Å². The highest BCUT2D eigenvalue weighted by Gasteiger charge is 2.19. The van der Waals surface area contributed by atoms with Crippen LogP contribution >= 0.6 is 22.9 Å². The van der Waals surface area contributed by atoms with Gasteiger partial charge >= 0.3 is 6.09 Å². The number of carbonyl (C=O) groups excluding carboxylic acids is 1. The van der Waals surface area contributed by atoms with Gasteiger partial charge in [0, 0.05) is 41.1 Å². The summed E-state index contributed by atoms with van der Waals surface area (Å²) in [6, 6.07) is 17.5. The molecular formula is C23H29IN2O2. The van der Waals surface area contributed by atoms with Crippen molar-refractivity contribution in [3.63, 3.8) is 0 Å². The van der Waals surface area contributed by atoms with Gasteiger partial charge in [0.1, 0.15) is 0 Å². The molecule has 1 aliphatic carbocycles. The molecule has 2 aromatic rings. The zero-order chi connectivity index (χ0) is 19.8. The van der Waals surface area contributed by atoms with Gasteiger partial charge in [-0.25, -0.2) is 7.91 Å². The van der Waals surface area contributed by atoms with E-state index in [0.29, 0.717) is 0 Å². The fraction of sp³-hybridized carbons (Fsp3) is 0.435. The smallest absolute Gasteiger partial charge is 0.411 e. The molecule has 1 aliphatic rings. The predicted molar refractivity (Wildman–Crippen MR) is 123 cm³/mol. The minimum absolute atomic E-state index is 0.445. The molecule has 0 radical (unpaired) electrons. The highest BCUT2D eigenvalue weighted by atomic mass is 127. The molecule has 0 atom stereocenters. The molecule has 3 rings (SSSR count). The van der Waals surface area contributed by atoms with Crippen LogP contribution in [-0.4, -0.2) is 28.9 Å². The second-order valence-corrected chi connectivity index (χ2v) is 8.66. The Labute approximate surface area is 182 Å². The summed E-state index contributed by atoms with van der Waals surface area (Å²) in [6.45, 7) is 1.10. The van der Waals surface area contributed by atoms with E-state index in [9.17, 15) is 4.79 Å². The van der Waals surface area contributed by atoms with Crippen LogP contribution in [0.1, 0.15) is 48.8 Å². The molecule has 150 valence electrons. The van der Waals surface area contributed by atoms with Crippen LogP contribution in [0.2, 0.25) is 0 Å². The van der Waals surface area contributed by atoms with Crippen molar-refractivity contribution in [1.82, 2.24) is 3.11 Å². The summed E-state index contributed by atoms with van der Waals surface area (Å²) < 4.78 is 7.16. The fourth-order valence-electron chi connectivity index (χ4n) is 3.84. The van der Waals surface area contributed by atoms with Gasteiger partial charge in [0.15, 0.2) is 0 Å². The molecule has 0 heterocycles. The standard InChI is InChI=1S/C23H29IN2O2/c1-28-23(27)25-21-13-11-18(12-14-21)17-20-8-6-5-7-19(20)15-16-26(24)22-9-3-2-4-10-22/h5-8,11-14,22H,2-4,9-10,15-17H2,1H3,(H,25,27). The molecule has 0 aromatic heterocycles. The molecule has 1 fully saturated rings. The number of rotatable bonds is 7. The molecule has 1 saturated carbocycles. The van der Waals surface area contributed by atoms with Gasteiger partial charge in [-0.15, -0.1) is 0 Å². The Morgan fingerprint density at radius 3 is 2.43 bits per heavy atom. The van der Waals surface area contributed by atoms with Gasteiger partial charge in [-0.1, -0.05) is 55.7 Å². The monoisotopic (exact) mass is 492 g/mol. The Bertz CT molecular complexity index is 757. The quantitative estimate of drug-likeness (QED) is 0.382. The number of nitrogens with one attached hydrogen (secondary N) is 1. The van der Waals surface area contributed by atoms with Crippen LogP contribution in [0.25, 0.3) is 0 Å². The molecule has 0 bridgehead atoms. The lowest BCUT2D eigenvalue weighted by Gasteiger charge is -2.29. The van der Waals surface area contributed by atoms with E-state index in [4.69, 9.17) is 0 Å². The highest BCUT2D eigenvalue weighted by molar-refractivity contribution is 14.1. The molecule has 5 heteroatoms. The Morgan fingerprint density at radius 2 is 1.75 bits per heavy atom. The first-order valence-electron chi connectivity index (χ1n) is 10.1. The third-order valence-electron chi connectivity index (χ3n) is 5.46. The number of hydrogen-bond donors (Lipinski definition) is 1. The molecule has 2 aromatic carbocycles. The molecular weight excluding hydrogens is 463 g/mol. The largest absolute Gasteiger partial charge is 0.453 e. The van der Waals surface area contributed by atoms with E-state index in [0.717, 1.165) is 31.1 Å². The van der Waals surface area contributed by atoms with Gasteiger partial charge in [-0.3, -0.25) is 5.32 Å². The number of ether oxygens (including phenoxy) is 1. The number of anilines is 1. The second kappa shape index (κ2) is 10.8. The number of methoxy groups -OCH3 is 1. The first-order chi connectivity index (χ1) is 13.7. The van der Waals surface area contributed by atoms with Gasteiger partial charge < -0.3 is 4.74 Å². The van der Waals surface area contributed by atoms with Crippen LogP contribution in [0.3, 0.4) is 0 Å². The van der Waals surface area contributed by atoms with Crippen molar-refractivity contribution in [3.05, 3.63) is 65.2 Å². The van der Waals surface area contributed by atoms with Crippen molar-refractivity contribution >= 4 is 34.6 Å². The number of halogens is 1. The third kappa shape index (κ3) is 6.21. The molecule has 0 unspecified atom stereocenters. The highest BCUT2D eigenvalue weighted by Crippen LogP contribution is 2.26. The fourth-order valence-corrected chi connectivity index (χ4v) is 4.64. The number of benzene rings is 2. The Balaban J connectivity index is 1.59. The number of nitrogens with zero attached hydrogens (tertiary/aromatic N) is 1.